The highest BCUT2D eigenvalue weighted by Gasteiger charge is 2.39. The zero-order chi connectivity index (χ0) is 14.2. The second-order valence-electron chi connectivity index (χ2n) is 6.30. The molecule has 2 unspecified atom stereocenters. The van der Waals surface area contributed by atoms with Gasteiger partial charge in [0.1, 0.15) is 0 Å². The van der Waals surface area contributed by atoms with E-state index in [0.29, 0.717) is 24.9 Å². The maximum Gasteiger partial charge on any atom is 0.320 e. The fourth-order valence-corrected chi connectivity index (χ4v) is 3.08. The van der Waals surface area contributed by atoms with E-state index < -0.39 is 11.9 Å². The van der Waals surface area contributed by atoms with E-state index in [0.717, 1.165) is 19.5 Å². The van der Waals surface area contributed by atoms with Gasteiger partial charge in [-0.25, -0.2) is 4.79 Å². The van der Waals surface area contributed by atoms with Gasteiger partial charge in [-0.1, -0.05) is 20.8 Å². The van der Waals surface area contributed by atoms with Crippen LogP contribution in [0, 0.1) is 23.7 Å². The van der Waals surface area contributed by atoms with Crippen LogP contribution in [0.4, 0.5) is 4.79 Å². The molecule has 0 radical (unpaired) electrons. The average molecular weight is 268 g/mol. The summed E-state index contributed by atoms with van der Waals surface area (Å²) in [6, 6.07) is 0.0225. The number of aliphatic carboxylic acids is 1. The van der Waals surface area contributed by atoms with Crippen LogP contribution >= 0.6 is 0 Å². The van der Waals surface area contributed by atoms with Crippen molar-refractivity contribution in [2.45, 2.75) is 27.2 Å². The van der Waals surface area contributed by atoms with Gasteiger partial charge in [0.2, 0.25) is 0 Å². The quantitative estimate of drug-likeness (QED) is 0.788. The molecule has 0 aromatic rings. The third kappa shape index (κ3) is 2.85. The first-order chi connectivity index (χ1) is 8.90. The van der Waals surface area contributed by atoms with Gasteiger partial charge in [-0.05, 0) is 24.2 Å². The Labute approximate surface area is 114 Å². The van der Waals surface area contributed by atoms with Crippen LogP contribution < -0.4 is 0 Å². The summed E-state index contributed by atoms with van der Waals surface area (Å²) in [5.74, 6) is 0.0254. The Kier molecular flexibility index (Phi) is 4.02. The van der Waals surface area contributed by atoms with Gasteiger partial charge < -0.3 is 14.9 Å². The van der Waals surface area contributed by atoms with E-state index in [9.17, 15) is 9.59 Å². The van der Waals surface area contributed by atoms with Crippen LogP contribution in [-0.4, -0.2) is 53.1 Å². The number of carbonyl (C=O) groups is 2. The van der Waals surface area contributed by atoms with Gasteiger partial charge in [-0.15, -0.1) is 0 Å². The Hall–Kier alpha value is -1.26. The van der Waals surface area contributed by atoms with Crippen LogP contribution in [0.15, 0.2) is 0 Å². The van der Waals surface area contributed by atoms with Crippen LogP contribution in [0.25, 0.3) is 0 Å². The summed E-state index contributed by atoms with van der Waals surface area (Å²) in [4.78, 5) is 27.1. The monoisotopic (exact) mass is 268 g/mol. The maximum absolute atomic E-state index is 12.4. The lowest BCUT2D eigenvalue weighted by Crippen LogP contribution is -2.48. The maximum atomic E-state index is 12.4. The van der Waals surface area contributed by atoms with Gasteiger partial charge >= 0.3 is 12.0 Å². The largest absolute Gasteiger partial charge is 0.481 e. The van der Waals surface area contributed by atoms with Crippen molar-refractivity contribution in [3.63, 3.8) is 0 Å². The number of amides is 2. The van der Waals surface area contributed by atoms with E-state index in [-0.39, 0.29) is 11.9 Å². The minimum atomic E-state index is -0.788. The molecule has 0 spiro atoms. The number of carboxylic acids is 1. The second-order valence-corrected chi connectivity index (χ2v) is 6.30. The number of urea groups is 1. The van der Waals surface area contributed by atoms with Gasteiger partial charge in [-0.3, -0.25) is 4.79 Å². The predicted octanol–water partition coefficient (Wildman–Crippen LogP) is 1.74. The van der Waals surface area contributed by atoms with Crippen LogP contribution in [0.1, 0.15) is 27.2 Å². The van der Waals surface area contributed by atoms with Crippen molar-refractivity contribution >= 4 is 12.0 Å². The van der Waals surface area contributed by atoms with Crippen molar-refractivity contribution in [3.05, 3.63) is 0 Å². The molecule has 0 aromatic heterocycles. The van der Waals surface area contributed by atoms with Gasteiger partial charge in [0.25, 0.3) is 0 Å². The topological polar surface area (TPSA) is 60.9 Å². The number of likely N-dealkylation sites (tertiary alicyclic amines) is 2. The fraction of sp³-hybridized carbons (Fsp3) is 0.857. The summed E-state index contributed by atoms with van der Waals surface area (Å²) in [6.45, 7) is 8.83. The summed E-state index contributed by atoms with van der Waals surface area (Å²) in [7, 11) is 0. The summed E-state index contributed by atoms with van der Waals surface area (Å²) in [6.07, 6.45) is 1.04. The second kappa shape index (κ2) is 5.39. The van der Waals surface area contributed by atoms with Gasteiger partial charge in [0, 0.05) is 26.2 Å². The zero-order valence-electron chi connectivity index (χ0n) is 12.0. The normalized spacial score (nSPS) is 35.5. The van der Waals surface area contributed by atoms with E-state index in [1.54, 1.807) is 4.90 Å². The Balaban J connectivity index is 1.96. The van der Waals surface area contributed by atoms with Crippen molar-refractivity contribution in [2.24, 2.45) is 23.7 Å². The molecule has 1 N–H and O–H groups in total. The highest BCUT2D eigenvalue weighted by Crippen LogP contribution is 2.27. The molecule has 2 aliphatic heterocycles. The van der Waals surface area contributed by atoms with Crippen LogP contribution in [0.3, 0.4) is 0 Å². The van der Waals surface area contributed by atoms with Gasteiger partial charge in [0.05, 0.1) is 5.92 Å². The molecule has 0 aliphatic carbocycles. The van der Waals surface area contributed by atoms with Crippen molar-refractivity contribution in [1.29, 1.82) is 0 Å². The lowest BCUT2D eigenvalue weighted by molar-refractivity contribution is -0.142. The Morgan fingerprint density at radius 3 is 2.11 bits per heavy atom. The molecule has 2 rings (SSSR count). The smallest absolute Gasteiger partial charge is 0.320 e. The number of hydrogen-bond donors (Lipinski definition) is 1. The Morgan fingerprint density at radius 2 is 1.58 bits per heavy atom. The highest BCUT2D eigenvalue weighted by molar-refractivity contribution is 5.77. The first kappa shape index (κ1) is 14.2. The van der Waals surface area contributed by atoms with Crippen molar-refractivity contribution in [1.82, 2.24) is 9.80 Å². The summed E-state index contributed by atoms with van der Waals surface area (Å²) < 4.78 is 0. The number of nitrogens with zero attached hydrogens (tertiary/aromatic N) is 2. The van der Waals surface area contributed by atoms with E-state index in [1.807, 2.05) is 11.8 Å². The van der Waals surface area contributed by atoms with E-state index >= 15 is 0 Å². The first-order valence-electron chi connectivity index (χ1n) is 7.16. The number of carboxylic acid groups (broad SMARTS) is 1. The number of hydrogen-bond acceptors (Lipinski definition) is 2. The third-order valence-corrected chi connectivity index (χ3v) is 4.80. The molecule has 19 heavy (non-hydrogen) atoms. The molecule has 2 fully saturated rings. The SMILES string of the molecule is CC1CCN(C(=O)N2C[C@@H](C)[C@H](C(=O)O)C2)CC1C. The molecular formula is C14H24N2O3. The zero-order valence-corrected chi connectivity index (χ0v) is 12.0. The molecule has 2 heterocycles. The van der Waals surface area contributed by atoms with E-state index in [2.05, 4.69) is 13.8 Å². The number of carbonyl (C=O) groups excluding carboxylic acids is 1. The minimum absolute atomic E-state index is 0.0225. The van der Waals surface area contributed by atoms with Crippen LogP contribution in [0.2, 0.25) is 0 Å². The fourth-order valence-electron chi connectivity index (χ4n) is 3.08. The Bertz CT molecular complexity index is 372. The first-order valence-corrected chi connectivity index (χ1v) is 7.16. The Morgan fingerprint density at radius 1 is 0.947 bits per heavy atom. The van der Waals surface area contributed by atoms with Crippen molar-refractivity contribution < 1.29 is 14.7 Å². The number of piperidine rings is 1. The molecular weight excluding hydrogens is 244 g/mol. The average Bonchev–Trinajstić information content (AvgIpc) is 2.74. The third-order valence-electron chi connectivity index (χ3n) is 4.80. The summed E-state index contributed by atoms with van der Waals surface area (Å²) >= 11 is 0. The molecule has 0 bridgehead atoms. The molecule has 2 amide bonds. The van der Waals surface area contributed by atoms with Crippen molar-refractivity contribution in [3.8, 4) is 0 Å². The lowest BCUT2D eigenvalue weighted by Gasteiger charge is -2.37. The summed E-state index contributed by atoms with van der Waals surface area (Å²) in [5, 5.41) is 9.12. The molecule has 4 atom stereocenters. The lowest BCUT2D eigenvalue weighted by atomic mass is 9.89. The molecule has 2 saturated heterocycles. The molecule has 2 aliphatic rings. The van der Waals surface area contributed by atoms with E-state index in [4.69, 9.17) is 5.11 Å². The molecule has 0 saturated carbocycles. The molecule has 5 nitrogen and oxygen atoms in total. The molecule has 108 valence electrons. The van der Waals surface area contributed by atoms with Crippen LogP contribution in [-0.2, 0) is 4.79 Å². The predicted molar refractivity (Wildman–Crippen MR) is 71.8 cm³/mol. The molecule has 5 heteroatoms. The van der Waals surface area contributed by atoms with E-state index in [1.165, 1.54) is 0 Å². The van der Waals surface area contributed by atoms with Gasteiger partial charge in [-0.2, -0.15) is 0 Å². The standard InChI is InChI=1S/C14H24N2O3/c1-9-4-5-15(6-10(9)2)14(19)16-7-11(3)12(8-16)13(17)18/h9-12H,4-8H2,1-3H3,(H,17,18)/t9?,10?,11-,12-/m1/s1. The summed E-state index contributed by atoms with van der Waals surface area (Å²) in [5.41, 5.74) is 0. The minimum Gasteiger partial charge on any atom is -0.481 e. The number of rotatable bonds is 1. The van der Waals surface area contributed by atoms with Crippen LogP contribution in [0.5, 0.6) is 0 Å². The van der Waals surface area contributed by atoms with Crippen molar-refractivity contribution in [2.75, 3.05) is 26.2 Å². The highest BCUT2D eigenvalue weighted by atomic mass is 16.4. The van der Waals surface area contributed by atoms with Gasteiger partial charge in [0.15, 0.2) is 0 Å². The molecule has 0 aromatic carbocycles.